The van der Waals surface area contributed by atoms with Crippen LogP contribution >= 0.6 is 0 Å². The maximum absolute atomic E-state index is 11.9. The molecule has 132 valence electrons. The van der Waals surface area contributed by atoms with E-state index < -0.39 is 0 Å². The van der Waals surface area contributed by atoms with Crippen LogP contribution in [0.2, 0.25) is 0 Å². The summed E-state index contributed by atoms with van der Waals surface area (Å²) in [6, 6.07) is 0. The number of ketones is 1. The standard InChI is InChI=1S/C20H29NO3/c1-19-8-7-16-14(15(19)4-5-17(19)18(21)24)3-2-12-10-13(23)6-9-20(12,16)11-22/h10,14-17,22H,2-9,11H2,1H3,(H2,21,24)/t14-,15-,16-,17+,19+,20-/m1/s1. The van der Waals surface area contributed by atoms with E-state index in [0.717, 1.165) is 44.9 Å². The highest BCUT2D eigenvalue weighted by Crippen LogP contribution is 2.66. The minimum Gasteiger partial charge on any atom is -0.395 e. The Hall–Kier alpha value is -1.16. The highest BCUT2D eigenvalue weighted by molar-refractivity contribution is 5.91. The fourth-order valence-electron chi connectivity index (χ4n) is 7.13. The Kier molecular flexibility index (Phi) is 3.68. The molecule has 0 aromatic heterocycles. The number of carbonyl (C=O) groups is 2. The number of aliphatic hydroxyl groups excluding tert-OH is 1. The molecule has 0 spiro atoms. The number of amides is 1. The molecular weight excluding hydrogens is 302 g/mol. The van der Waals surface area contributed by atoms with Gasteiger partial charge in [-0.1, -0.05) is 12.5 Å². The van der Waals surface area contributed by atoms with Gasteiger partial charge in [-0.15, -0.1) is 0 Å². The lowest BCUT2D eigenvalue weighted by Gasteiger charge is -2.58. The summed E-state index contributed by atoms with van der Waals surface area (Å²) < 4.78 is 0. The average molecular weight is 331 g/mol. The normalized spacial score (nSPS) is 47.4. The molecule has 4 rings (SSSR count). The number of rotatable bonds is 2. The molecule has 4 nitrogen and oxygen atoms in total. The number of aliphatic hydroxyl groups is 1. The van der Waals surface area contributed by atoms with Gasteiger partial charge in [0, 0.05) is 17.8 Å². The van der Waals surface area contributed by atoms with Crippen LogP contribution in [0.4, 0.5) is 0 Å². The Labute approximate surface area is 143 Å². The maximum Gasteiger partial charge on any atom is 0.221 e. The summed E-state index contributed by atoms with van der Waals surface area (Å²) in [6.07, 6.45) is 9.32. The lowest BCUT2D eigenvalue weighted by molar-refractivity contribution is -0.131. The second-order valence-corrected chi connectivity index (χ2v) is 8.94. The van der Waals surface area contributed by atoms with Gasteiger partial charge in [0.1, 0.15) is 0 Å². The molecule has 6 atom stereocenters. The number of carbonyl (C=O) groups excluding carboxylic acids is 2. The van der Waals surface area contributed by atoms with Crippen molar-refractivity contribution in [1.29, 1.82) is 0 Å². The zero-order valence-corrected chi connectivity index (χ0v) is 14.6. The molecule has 4 aliphatic rings. The topological polar surface area (TPSA) is 80.4 Å². The van der Waals surface area contributed by atoms with E-state index in [1.54, 1.807) is 0 Å². The van der Waals surface area contributed by atoms with E-state index in [4.69, 9.17) is 5.73 Å². The van der Waals surface area contributed by atoms with Crippen molar-refractivity contribution in [1.82, 2.24) is 0 Å². The van der Waals surface area contributed by atoms with Crippen LogP contribution in [0.5, 0.6) is 0 Å². The first-order valence-electron chi connectivity index (χ1n) is 9.56. The quantitative estimate of drug-likeness (QED) is 0.816. The van der Waals surface area contributed by atoms with Gasteiger partial charge >= 0.3 is 0 Å². The third-order valence-electron chi connectivity index (χ3n) is 8.31. The van der Waals surface area contributed by atoms with E-state index in [0.29, 0.717) is 24.2 Å². The highest BCUT2D eigenvalue weighted by atomic mass is 16.3. The Balaban J connectivity index is 1.69. The molecule has 0 aromatic rings. The van der Waals surface area contributed by atoms with Crippen molar-refractivity contribution in [2.75, 3.05) is 6.61 Å². The van der Waals surface area contributed by atoms with Gasteiger partial charge in [0.05, 0.1) is 6.61 Å². The first-order valence-corrected chi connectivity index (χ1v) is 9.56. The number of hydrogen-bond donors (Lipinski definition) is 2. The molecule has 0 aliphatic heterocycles. The fourth-order valence-corrected chi connectivity index (χ4v) is 7.13. The van der Waals surface area contributed by atoms with Crippen molar-refractivity contribution < 1.29 is 14.7 Å². The third-order valence-corrected chi connectivity index (χ3v) is 8.31. The second kappa shape index (κ2) is 5.42. The molecular formula is C20H29NO3. The molecule has 24 heavy (non-hydrogen) atoms. The van der Waals surface area contributed by atoms with Crippen molar-refractivity contribution in [2.45, 2.75) is 58.3 Å². The van der Waals surface area contributed by atoms with E-state index in [-0.39, 0.29) is 35.0 Å². The molecule has 0 bridgehead atoms. The molecule has 0 radical (unpaired) electrons. The zero-order chi connectivity index (χ0) is 17.1. The average Bonchev–Trinajstić information content (AvgIpc) is 2.91. The van der Waals surface area contributed by atoms with Gasteiger partial charge in [0.25, 0.3) is 0 Å². The number of nitrogens with two attached hydrogens (primary N) is 1. The molecule has 0 aromatic carbocycles. The second-order valence-electron chi connectivity index (χ2n) is 8.94. The molecule has 0 saturated heterocycles. The number of primary amides is 1. The van der Waals surface area contributed by atoms with Crippen molar-refractivity contribution in [2.24, 2.45) is 40.2 Å². The van der Waals surface area contributed by atoms with Crippen LogP contribution in [0.3, 0.4) is 0 Å². The first kappa shape index (κ1) is 16.3. The fraction of sp³-hybridized carbons (Fsp3) is 0.800. The zero-order valence-electron chi connectivity index (χ0n) is 14.6. The van der Waals surface area contributed by atoms with Gasteiger partial charge in [0.15, 0.2) is 5.78 Å². The van der Waals surface area contributed by atoms with Crippen LogP contribution in [-0.2, 0) is 9.59 Å². The van der Waals surface area contributed by atoms with Crippen LogP contribution < -0.4 is 5.73 Å². The monoisotopic (exact) mass is 331 g/mol. The van der Waals surface area contributed by atoms with Gasteiger partial charge < -0.3 is 10.8 Å². The lowest BCUT2D eigenvalue weighted by Crippen LogP contribution is -2.53. The van der Waals surface area contributed by atoms with E-state index in [1.807, 2.05) is 6.08 Å². The van der Waals surface area contributed by atoms with Crippen LogP contribution in [0.1, 0.15) is 58.3 Å². The Morgan fingerprint density at radius 3 is 2.71 bits per heavy atom. The Morgan fingerprint density at radius 1 is 1.21 bits per heavy atom. The van der Waals surface area contributed by atoms with E-state index >= 15 is 0 Å². The minimum atomic E-state index is -0.178. The predicted octanol–water partition coefficient (Wildman–Crippen LogP) is 2.59. The molecule has 4 heteroatoms. The number of fused-ring (bicyclic) bond motifs is 5. The van der Waals surface area contributed by atoms with E-state index in [9.17, 15) is 14.7 Å². The molecule has 3 fully saturated rings. The summed E-state index contributed by atoms with van der Waals surface area (Å²) in [5, 5.41) is 10.3. The maximum atomic E-state index is 11.9. The summed E-state index contributed by atoms with van der Waals surface area (Å²) in [5.74, 6) is 1.67. The smallest absolute Gasteiger partial charge is 0.221 e. The van der Waals surface area contributed by atoms with Gasteiger partial charge in [-0.05, 0) is 74.2 Å². The summed E-state index contributed by atoms with van der Waals surface area (Å²) in [7, 11) is 0. The minimum absolute atomic E-state index is 0.0124. The molecule has 0 unspecified atom stereocenters. The Bertz CT molecular complexity index is 612. The first-order chi connectivity index (χ1) is 11.4. The molecule has 1 amide bonds. The summed E-state index contributed by atoms with van der Waals surface area (Å²) in [6.45, 7) is 2.44. The SMILES string of the molecule is C[C@]12CC[C@@H]3[C@H](CCC4=CC(=O)CC[C@@]43CO)[C@H]1CC[C@H]2C(N)=O. The highest BCUT2D eigenvalue weighted by Gasteiger charge is 2.60. The third kappa shape index (κ3) is 2.01. The Morgan fingerprint density at radius 2 is 2.00 bits per heavy atom. The predicted molar refractivity (Wildman–Crippen MR) is 90.8 cm³/mol. The number of hydrogen-bond acceptors (Lipinski definition) is 3. The molecule has 0 heterocycles. The van der Waals surface area contributed by atoms with Crippen molar-refractivity contribution in [3.05, 3.63) is 11.6 Å². The van der Waals surface area contributed by atoms with Crippen LogP contribution in [-0.4, -0.2) is 23.4 Å². The van der Waals surface area contributed by atoms with Gasteiger partial charge in [0.2, 0.25) is 5.91 Å². The van der Waals surface area contributed by atoms with Crippen molar-refractivity contribution >= 4 is 11.7 Å². The summed E-state index contributed by atoms with van der Waals surface area (Å²) in [5.41, 5.74) is 6.77. The van der Waals surface area contributed by atoms with Gasteiger partial charge in [-0.25, -0.2) is 0 Å². The largest absolute Gasteiger partial charge is 0.395 e. The van der Waals surface area contributed by atoms with E-state index in [2.05, 4.69) is 6.92 Å². The molecule has 3 saturated carbocycles. The van der Waals surface area contributed by atoms with Gasteiger partial charge in [-0.3, -0.25) is 9.59 Å². The summed E-state index contributed by atoms with van der Waals surface area (Å²) >= 11 is 0. The van der Waals surface area contributed by atoms with Crippen molar-refractivity contribution in [3.8, 4) is 0 Å². The summed E-state index contributed by atoms with van der Waals surface area (Å²) in [4.78, 5) is 23.8. The van der Waals surface area contributed by atoms with Crippen LogP contribution in [0.25, 0.3) is 0 Å². The van der Waals surface area contributed by atoms with Crippen LogP contribution in [0, 0.1) is 34.5 Å². The molecule has 3 N–H and O–H groups in total. The van der Waals surface area contributed by atoms with Gasteiger partial charge in [-0.2, -0.15) is 0 Å². The lowest BCUT2D eigenvalue weighted by atomic mass is 9.46. The van der Waals surface area contributed by atoms with E-state index in [1.165, 1.54) is 5.57 Å². The van der Waals surface area contributed by atoms with Crippen molar-refractivity contribution in [3.63, 3.8) is 0 Å². The molecule has 4 aliphatic carbocycles. The van der Waals surface area contributed by atoms with Crippen LogP contribution in [0.15, 0.2) is 11.6 Å².